The lowest BCUT2D eigenvalue weighted by Crippen LogP contribution is -2.05. The van der Waals surface area contributed by atoms with Crippen molar-refractivity contribution in [3.8, 4) is 0 Å². The minimum atomic E-state index is 0.992. The van der Waals surface area contributed by atoms with Crippen LogP contribution >= 0.6 is 0 Å². The van der Waals surface area contributed by atoms with Crippen molar-refractivity contribution in [1.29, 1.82) is 0 Å². The van der Waals surface area contributed by atoms with Crippen LogP contribution in [0.2, 0.25) is 0 Å². The molecule has 1 N–H and O–H groups in total. The first-order valence-corrected chi connectivity index (χ1v) is 5.85. The molecule has 0 aromatic heterocycles. The Labute approximate surface area is 90.4 Å². The van der Waals surface area contributed by atoms with Gasteiger partial charge in [-0.2, -0.15) is 5.10 Å². The number of hydrogen-bond donors (Lipinski definition) is 1. The Morgan fingerprint density at radius 3 is 2.67 bits per heavy atom. The number of aryl methyl sites for hydroxylation is 2. The third-order valence-electron chi connectivity index (χ3n) is 3.37. The van der Waals surface area contributed by atoms with Crippen LogP contribution in [0.1, 0.15) is 36.0 Å². The van der Waals surface area contributed by atoms with E-state index >= 15 is 0 Å². The van der Waals surface area contributed by atoms with Crippen LogP contribution in [0.5, 0.6) is 0 Å². The number of rotatable bonds is 1. The van der Waals surface area contributed by atoms with Gasteiger partial charge in [0.15, 0.2) is 0 Å². The monoisotopic (exact) mass is 200 g/mol. The zero-order chi connectivity index (χ0) is 10.1. The standard InChI is InChI=1S/C13H16N2/c1-2-4-11-9-12(6-5-10(11)3-1)13-7-8-14-15-13/h5-6,9,14H,1-4,7-8H2. The van der Waals surface area contributed by atoms with Crippen molar-refractivity contribution in [2.45, 2.75) is 32.1 Å². The first-order valence-electron chi connectivity index (χ1n) is 5.85. The predicted molar refractivity (Wildman–Crippen MR) is 62.2 cm³/mol. The molecule has 0 atom stereocenters. The lowest BCUT2D eigenvalue weighted by atomic mass is 9.89. The van der Waals surface area contributed by atoms with Crippen LogP contribution in [0.15, 0.2) is 23.3 Å². The van der Waals surface area contributed by atoms with Gasteiger partial charge in [0.25, 0.3) is 0 Å². The van der Waals surface area contributed by atoms with Crippen LogP contribution in [0.4, 0.5) is 0 Å². The topological polar surface area (TPSA) is 24.4 Å². The Bertz CT molecular complexity index is 407. The molecule has 2 aliphatic rings. The van der Waals surface area contributed by atoms with Gasteiger partial charge in [0.1, 0.15) is 0 Å². The molecule has 1 aliphatic heterocycles. The summed E-state index contributed by atoms with van der Waals surface area (Å²) in [5, 5.41) is 4.32. The largest absolute Gasteiger partial charge is 0.309 e. The van der Waals surface area contributed by atoms with E-state index in [0.717, 1.165) is 13.0 Å². The van der Waals surface area contributed by atoms with Gasteiger partial charge in [0.2, 0.25) is 0 Å². The summed E-state index contributed by atoms with van der Waals surface area (Å²) in [6.45, 7) is 0.992. The molecule has 1 aliphatic carbocycles. The third kappa shape index (κ3) is 1.65. The van der Waals surface area contributed by atoms with E-state index in [4.69, 9.17) is 0 Å². The van der Waals surface area contributed by atoms with Crippen molar-refractivity contribution < 1.29 is 0 Å². The molecule has 78 valence electrons. The van der Waals surface area contributed by atoms with Gasteiger partial charge in [0.05, 0.1) is 5.71 Å². The molecule has 2 nitrogen and oxygen atoms in total. The van der Waals surface area contributed by atoms with Crippen LogP contribution in [-0.2, 0) is 12.8 Å². The fourth-order valence-electron chi connectivity index (χ4n) is 2.50. The summed E-state index contributed by atoms with van der Waals surface area (Å²) in [7, 11) is 0. The minimum absolute atomic E-state index is 0.992. The minimum Gasteiger partial charge on any atom is -0.309 e. The molecule has 2 heteroatoms. The molecule has 0 fully saturated rings. The highest BCUT2D eigenvalue weighted by Gasteiger charge is 2.13. The van der Waals surface area contributed by atoms with Crippen LogP contribution in [0.25, 0.3) is 0 Å². The van der Waals surface area contributed by atoms with E-state index in [1.807, 2.05) is 0 Å². The molecule has 1 aromatic rings. The maximum atomic E-state index is 4.32. The maximum Gasteiger partial charge on any atom is 0.0693 e. The molecular weight excluding hydrogens is 184 g/mol. The molecule has 0 bridgehead atoms. The molecule has 0 saturated heterocycles. The number of hydrazone groups is 1. The number of hydrogen-bond acceptors (Lipinski definition) is 2. The van der Waals surface area contributed by atoms with E-state index in [1.165, 1.54) is 37.0 Å². The summed E-state index contributed by atoms with van der Waals surface area (Å²) in [6.07, 6.45) is 6.29. The average Bonchev–Trinajstić information content (AvgIpc) is 2.82. The Hall–Kier alpha value is -1.31. The highest BCUT2D eigenvalue weighted by molar-refractivity contribution is 6.01. The molecule has 15 heavy (non-hydrogen) atoms. The summed E-state index contributed by atoms with van der Waals surface area (Å²) in [5.74, 6) is 0. The van der Waals surface area contributed by atoms with Crippen molar-refractivity contribution in [3.05, 3.63) is 34.9 Å². The normalized spacial score (nSPS) is 19.3. The molecule has 0 spiro atoms. The van der Waals surface area contributed by atoms with Gasteiger partial charge in [-0.05, 0) is 48.4 Å². The smallest absolute Gasteiger partial charge is 0.0693 e. The fourth-order valence-corrected chi connectivity index (χ4v) is 2.50. The highest BCUT2D eigenvalue weighted by Crippen LogP contribution is 2.23. The van der Waals surface area contributed by atoms with Gasteiger partial charge in [0, 0.05) is 13.0 Å². The number of nitrogens with one attached hydrogen (secondary N) is 1. The zero-order valence-electron chi connectivity index (χ0n) is 8.92. The number of fused-ring (bicyclic) bond motifs is 1. The van der Waals surface area contributed by atoms with Crippen molar-refractivity contribution in [1.82, 2.24) is 5.43 Å². The maximum absolute atomic E-state index is 4.32. The third-order valence-corrected chi connectivity index (χ3v) is 3.37. The van der Waals surface area contributed by atoms with E-state index < -0.39 is 0 Å². The van der Waals surface area contributed by atoms with Crippen molar-refractivity contribution in [2.24, 2.45) is 5.10 Å². The molecule has 0 saturated carbocycles. The Morgan fingerprint density at radius 1 is 1.00 bits per heavy atom. The SMILES string of the molecule is c1cc2c(cc1C1=NNCC1)CCCC2. The summed E-state index contributed by atoms with van der Waals surface area (Å²) in [4.78, 5) is 0. The van der Waals surface area contributed by atoms with E-state index in [2.05, 4.69) is 28.7 Å². The highest BCUT2D eigenvalue weighted by atomic mass is 15.3. The summed E-state index contributed by atoms with van der Waals surface area (Å²) in [6, 6.07) is 6.88. The predicted octanol–water partition coefficient (Wildman–Crippen LogP) is 2.26. The Balaban J connectivity index is 1.96. The van der Waals surface area contributed by atoms with Gasteiger partial charge in [-0.3, -0.25) is 0 Å². The van der Waals surface area contributed by atoms with E-state index in [9.17, 15) is 0 Å². The average molecular weight is 200 g/mol. The second kappa shape index (κ2) is 3.69. The molecule has 0 amide bonds. The first-order chi connectivity index (χ1) is 7.43. The molecule has 1 heterocycles. The molecule has 1 aromatic carbocycles. The van der Waals surface area contributed by atoms with Crippen LogP contribution in [0.3, 0.4) is 0 Å². The van der Waals surface area contributed by atoms with E-state index in [0.29, 0.717) is 0 Å². The summed E-state index contributed by atoms with van der Waals surface area (Å²) in [5.41, 5.74) is 8.69. The summed E-state index contributed by atoms with van der Waals surface area (Å²) < 4.78 is 0. The fraction of sp³-hybridized carbons (Fsp3) is 0.462. The second-order valence-electron chi connectivity index (χ2n) is 4.41. The van der Waals surface area contributed by atoms with Crippen molar-refractivity contribution in [3.63, 3.8) is 0 Å². The Kier molecular flexibility index (Phi) is 2.20. The van der Waals surface area contributed by atoms with Crippen molar-refractivity contribution in [2.75, 3.05) is 6.54 Å². The van der Waals surface area contributed by atoms with Crippen LogP contribution in [0, 0.1) is 0 Å². The summed E-state index contributed by atoms with van der Waals surface area (Å²) >= 11 is 0. The van der Waals surface area contributed by atoms with E-state index in [-0.39, 0.29) is 0 Å². The molecular formula is C13H16N2. The van der Waals surface area contributed by atoms with E-state index in [1.54, 1.807) is 11.1 Å². The molecule has 0 unspecified atom stereocenters. The lowest BCUT2D eigenvalue weighted by Gasteiger charge is -2.16. The molecule has 3 rings (SSSR count). The van der Waals surface area contributed by atoms with Crippen LogP contribution < -0.4 is 5.43 Å². The zero-order valence-corrected chi connectivity index (χ0v) is 8.92. The van der Waals surface area contributed by atoms with Crippen LogP contribution in [-0.4, -0.2) is 12.3 Å². The first kappa shape index (κ1) is 8.96. The number of nitrogens with zero attached hydrogens (tertiary/aromatic N) is 1. The van der Waals surface area contributed by atoms with Gasteiger partial charge in [-0.25, -0.2) is 0 Å². The lowest BCUT2D eigenvalue weighted by molar-refractivity contribution is 0.685. The van der Waals surface area contributed by atoms with Gasteiger partial charge in [-0.15, -0.1) is 0 Å². The van der Waals surface area contributed by atoms with Gasteiger partial charge >= 0.3 is 0 Å². The second-order valence-corrected chi connectivity index (χ2v) is 4.41. The molecule has 0 radical (unpaired) electrons. The number of benzene rings is 1. The van der Waals surface area contributed by atoms with Gasteiger partial charge in [-0.1, -0.05) is 12.1 Å². The van der Waals surface area contributed by atoms with Gasteiger partial charge < -0.3 is 5.43 Å². The van der Waals surface area contributed by atoms with Crippen molar-refractivity contribution >= 4 is 5.71 Å². The quantitative estimate of drug-likeness (QED) is 0.739. The Morgan fingerprint density at radius 2 is 1.87 bits per heavy atom.